The molecular weight excluding hydrogens is 470 g/mol. The highest BCUT2D eigenvalue weighted by Crippen LogP contribution is 2.40. The molecule has 34 heavy (non-hydrogen) atoms. The number of hydrogen-bond donors (Lipinski definition) is 3. The van der Waals surface area contributed by atoms with Gasteiger partial charge in [-0.3, -0.25) is 19.8 Å². The number of nitrogens with zero attached hydrogens (tertiary/aromatic N) is 3. The van der Waals surface area contributed by atoms with Crippen molar-refractivity contribution in [2.45, 2.75) is 50.5 Å². The van der Waals surface area contributed by atoms with E-state index in [2.05, 4.69) is 26.4 Å². The molecule has 1 aromatic heterocycles. The van der Waals surface area contributed by atoms with Gasteiger partial charge in [-0.25, -0.2) is 8.78 Å². The van der Waals surface area contributed by atoms with Gasteiger partial charge in [0.25, 0.3) is 17.6 Å². The average molecular weight is 491 g/mol. The largest absolute Gasteiger partial charge is 0.342 e. The topological polar surface area (TPSA) is 117 Å². The molecule has 1 saturated carbocycles. The Bertz CT molecular complexity index is 1250. The van der Waals surface area contributed by atoms with E-state index in [1.165, 1.54) is 16.7 Å². The Morgan fingerprint density at radius 2 is 2.06 bits per heavy atom. The summed E-state index contributed by atoms with van der Waals surface area (Å²) in [6, 6.07) is 3.51. The van der Waals surface area contributed by atoms with Crippen LogP contribution in [0.4, 0.5) is 14.5 Å². The number of fused-ring (bicyclic) bond motifs is 1. The molecule has 5 rings (SSSR count). The lowest BCUT2D eigenvalue weighted by atomic mass is 10.0. The van der Waals surface area contributed by atoms with Crippen LogP contribution in [0.3, 0.4) is 0 Å². The van der Waals surface area contributed by atoms with E-state index < -0.39 is 35.1 Å². The average Bonchev–Trinajstić information content (AvgIpc) is 3.11. The zero-order valence-electron chi connectivity index (χ0n) is 18.1. The van der Waals surface area contributed by atoms with Gasteiger partial charge in [0, 0.05) is 17.8 Å². The molecule has 1 unspecified atom stereocenters. The molecule has 0 saturated heterocycles. The zero-order valence-corrected chi connectivity index (χ0v) is 18.9. The van der Waals surface area contributed by atoms with Crippen LogP contribution in [0.15, 0.2) is 28.5 Å². The second-order valence-corrected chi connectivity index (χ2v) is 9.24. The first kappa shape index (κ1) is 22.5. The van der Waals surface area contributed by atoms with Crippen molar-refractivity contribution in [3.63, 3.8) is 0 Å². The van der Waals surface area contributed by atoms with Gasteiger partial charge in [-0.1, -0.05) is 16.8 Å². The number of halogens is 3. The van der Waals surface area contributed by atoms with E-state index in [9.17, 15) is 23.2 Å². The van der Waals surface area contributed by atoms with Crippen molar-refractivity contribution in [3.8, 4) is 0 Å². The van der Waals surface area contributed by atoms with Crippen LogP contribution >= 0.6 is 11.6 Å². The van der Waals surface area contributed by atoms with Crippen LogP contribution in [0, 0.1) is 12.7 Å². The molecule has 3 heterocycles. The SMILES string of the molecule is Cc1c(C(=O)C(=O)NC2(C3CN=NN3)CC2)c2n(c1C(=O)Nc1ccc(F)c(Cl)c1)C[C@H](F)C2. The summed E-state index contributed by atoms with van der Waals surface area (Å²) < 4.78 is 29.2. The molecule has 1 fully saturated rings. The number of benzene rings is 1. The molecule has 0 radical (unpaired) electrons. The Morgan fingerprint density at radius 1 is 1.29 bits per heavy atom. The van der Waals surface area contributed by atoms with Crippen molar-refractivity contribution in [2.24, 2.45) is 10.3 Å². The minimum atomic E-state index is -1.29. The first-order valence-corrected chi connectivity index (χ1v) is 11.2. The van der Waals surface area contributed by atoms with E-state index >= 15 is 0 Å². The van der Waals surface area contributed by atoms with Gasteiger partial charge in [-0.15, -0.1) is 0 Å². The van der Waals surface area contributed by atoms with Crippen LogP contribution in [-0.2, 0) is 17.8 Å². The highest BCUT2D eigenvalue weighted by molar-refractivity contribution is 6.44. The third-order valence-corrected chi connectivity index (χ3v) is 6.89. The Labute approximate surface area is 197 Å². The monoisotopic (exact) mass is 490 g/mol. The highest BCUT2D eigenvalue weighted by atomic mass is 35.5. The molecule has 2 aliphatic heterocycles. The van der Waals surface area contributed by atoms with Gasteiger partial charge in [-0.2, -0.15) is 5.11 Å². The standard InChI is InChI=1S/C22H21ClF2N6O3/c1-10-17(19(32)21(34)28-22(4-5-22)16-8-26-30-29-16)15-6-11(24)9-31(15)18(10)20(33)27-12-2-3-14(25)13(23)7-12/h2-3,7,11,16H,4-6,8-9H2,1H3,(H,26,29)(H,27,33)(H,28,34)/t11-,16?/m1/s1. The fourth-order valence-electron chi connectivity index (χ4n) is 4.72. The maximum absolute atomic E-state index is 14.3. The molecule has 2 aromatic rings. The quantitative estimate of drug-likeness (QED) is 0.426. The molecule has 178 valence electrons. The summed E-state index contributed by atoms with van der Waals surface area (Å²) in [5.74, 6) is -2.89. The number of anilines is 1. The Balaban J connectivity index is 1.42. The number of hydrogen-bond acceptors (Lipinski definition) is 6. The van der Waals surface area contributed by atoms with E-state index in [1.807, 2.05) is 0 Å². The van der Waals surface area contributed by atoms with Crippen LogP contribution in [0.25, 0.3) is 0 Å². The lowest BCUT2D eigenvalue weighted by molar-refractivity contribution is -0.118. The van der Waals surface area contributed by atoms with Crippen LogP contribution in [-0.4, -0.2) is 46.5 Å². The number of aromatic nitrogens is 1. The van der Waals surface area contributed by atoms with Crippen molar-refractivity contribution < 1.29 is 23.2 Å². The number of carbonyl (C=O) groups is 3. The van der Waals surface area contributed by atoms with Crippen molar-refractivity contribution >= 4 is 34.9 Å². The second kappa shape index (κ2) is 8.15. The first-order chi connectivity index (χ1) is 16.2. The van der Waals surface area contributed by atoms with Crippen LogP contribution < -0.4 is 16.1 Å². The number of Topliss-reactive ketones (excluding diaryl/α,β-unsaturated/α-hetero) is 1. The molecule has 9 nitrogen and oxygen atoms in total. The lowest BCUT2D eigenvalue weighted by Crippen LogP contribution is -2.52. The molecule has 2 atom stereocenters. The number of alkyl halides is 1. The molecule has 0 spiro atoms. The minimum Gasteiger partial charge on any atom is -0.342 e. The first-order valence-electron chi connectivity index (χ1n) is 10.8. The number of ketones is 1. The third-order valence-electron chi connectivity index (χ3n) is 6.60. The Kier molecular flexibility index (Phi) is 5.38. The molecule has 0 bridgehead atoms. The molecule has 2 amide bonds. The predicted molar refractivity (Wildman–Crippen MR) is 118 cm³/mol. The van der Waals surface area contributed by atoms with Gasteiger partial charge in [0.15, 0.2) is 0 Å². The number of nitrogens with one attached hydrogen (secondary N) is 3. The summed E-state index contributed by atoms with van der Waals surface area (Å²) in [7, 11) is 0. The number of rotatable bonds is 6. The van der Waals surface area contributed by atoms with Gasteiger partial charge in [0.05, 0.1) is 35.3 Å². The fourth-order valence-corrected chi connectivity index (χ4v) is 4.90. The van der Waals surface area contributed by atoms with E-state index in [0.29, 0.717) is 25.1 Å². The molecule has 1 aromatic carbocycles. The van der Waals surface area contributed by atoms with Gasteiger partial charge in [0.2, 0.25) is 0 Å². The van der Waals surface area contributed by atoms with E-state index in [4.69, 9.17) is 11.6 Å². The second-order valence-electron chi connectivity index (χ2n) is 8.84. The fraction of sp³-hybridized carbons (Fsp3) is 0.409. The highest BCUT2D eigenvalue weighted by Gasteiger charge is 2.53. The third kappa shape index (κ3) is 3.73. The smallest absolute Gasteiger partial charge is 0.292 e. The zero-order chi connectivity index (χ0) is 24.2. The van der Waals surface area contributed by atoms with Crippen molar-refractivity contribution in [1.82, 2.24) is 15.3 Å². The van der Waals surface area contributed by atoms with Crippen LogP contribution in [0.2, 0.25) is 5.02 Å². The predicted octanol–water partition coefficient (Wildman–Crippen LogP) is 2.91. The van der Waals surface area contributed by atoms with Crippen LogP contribution in [0.1, 0.15) is 44.9 Å². The van der Waals surface area contributed by atoms with Crippen LogP contribution in [0.5, 0.6) is 0 Å². The molecule has 12 heteroatoms. The van der Waals surface area contributed by atoms with Crippen molar-refractivity contribution in [2.75, 3.05) is 11.9 Å². The Hall–Kier alpha value is -3.34. The van der Waals surface area contributed by atoms with E-state index in [-0.39, 0.29) is 46.5 Å². The van der Waals surface area contributed by atoms with Gasteiger partial charge in [0.1, 0.15) is 17.7 Å². The maximum Gasteiger partial charge on any atom is 0.292 e. The molecule has 3 aliphatic rings. The number of carbonyl (C=O) groups excluding carboxylic acids is 3. The molecular formula is C22H21ClF2N6O3. The summed E-state index contributed by atoms with van der Waals surface area (Å²) in [4.78, 5) is 39.2. The van der Waals surface area contributed by atoms with Crippen molar-refractivity contribution in [1.29, 1.82) is 0 Å². The minimum absolute atomic E-state index is 0.0319. The van der Waals surface area contributed by atoms with E-state index in [0.717, 1.165) is 6.07 Å². The molecule has 1 aliphatic carbocycles. The molecule has 3 N–H and O–H groups in total. The van der Waals surface area contributed by atoms with Gasteiger partial charge < -0.3 is 15.2 Å². The normalized spacial score (nSPS) is 21.6. The summed E-state index contributed by atoms with van der Waals surface area (Å²) in [5.41, 5.74) is 3.17. The number of amides is 2. The summed E-state index contributed by atoms with van der Waals surface area (Å²) >= 11 is 5.79. The Morgan fingerprint density at radius 3 is 2.71 bits per heavy atom. The summed E-state index contributed by atoms with van der Waals surface area (Å²) in [6.45, 7) is 1.84. The summed E-state index contributed by atoms with van der Waals surface area (Å²) in [6.07, 6.45) is -0.0141. The lowest BCUT2D eigenvalue weighted by Gasteiger charge is -2.22. The van der Waals surface area contributed by atoms with Crippen molar-refractivity contribution in [3.05, 3.63) is 51.6 Å². The van der Waals surface area contributed by atoms with Gasteiger partial charge in [-0.05, 0) is 43.5 Å². The maximum atomic E-state index is 14.3. The van der Waals surface area contributed by atoms with E-state index in [1.54, 1.807) is 6.92 Å². The van der Waals surface area contributed by atoms with Gasteiger partial charge >= 0.3 is 0 Å². The summed E-state index contributed by atoms with van der Waals surface area (Å²) in [5, 5.41) is 12.9.